The summed E-state index contributed by atoms with van der Waals surface area (Å²) >= 11 is 0. The van der Waals surface area contributed by atoms with E-state index in [0.717, 1.165) is 0 Å². The summed E-state index contributed by atoms with van der Waals surface area (Å²) in [5.41, 5.74) is -0.546. The second-order valence-corrected chi connectivity index (χ2v) is 8.02. The van der Waals surface area contributed by atoms with Gasteiger partial charge in [0.2, 0.25) is 0 Å². The van der Waals surface area contributed by atoms with E-state index in [1.165, 1.54) is 4.57 Å². The maximum Gasteiger partial charge on any atom is 0.357 e. The fourth-order valence-corrected chi connectivity index (χ4v) is 4.81. The number of rotatable bonds is 4. The molecule has 1 aromatic heterocycles. The van der Waals surface area contributed by atoms with Crippen molar-refractivity contribution in [1.82, 2.24) is 4.57 Å². The average molecular weight is 351 g/mol. The van der Waals surface area contributed by atoms with Crippen molar-refractivity contribution < 1.29 is 13.3 Å². The van der Waals surface area contributed by atoms with E-state index in [0.29, 0.717) is 23.9 Å². The van der Waals surface area contributed by atoms with E-state index in [-0.39, 0.29) is 17.2 Å². The van der Waals surface area contributed by atoms with Gasteiger partial charge in [0.25, 0.3) is 0 Å². The van der Waals surface area contributed by atoms with Crippen molar-refractivity contribution in [2.75, 3.05) is 16.8 Å². The van der Waals surface area contributed by atoms with Gasteiger partial charge in [0.05, 0.1) is 21.9 Å². The van der Waals surface area contributed by atoms with Crippen LogP contribution in [0.4, 0.5) is 11.4 Å². The molecule has 0 unspecified atom stereocenters. The zero-order valence-electron chi connectivity index (χ0n) is 13.1. The molecule has 0 saturated carbocycles. The third kappa shape index (κ3) is 2.75. The molecule has 0 bridgehead atoms. The number of aromatic nitrogens is 1. The van der Waals surface area contributed by atoms with Gasteiger partial charge in [-0.2, -0.15) is 0 Å². The molecule has 1 aromatic carbocycles. The summed E-state index contributed by atoms with van der Waals surface area (Å²) in [6.07, 6.45) is 0.366. The maximum absolute atomic E-state index is 12.5. The summed E-state index contributed by atoms with van der Waals surface area (Å²) in [6.45, 7) is 2.05. The predicted molar refractivity (Wildman–Crippen MR) is 91.2 cm³/mol. The summed E-state index contributed by atoms with van der Waals surface area (Å²) in [5.74, 6) is -0.0439. The van der Waals surface area contributed by atoms with Gasteiger partial charge in [0.1, 0.15) is 5.69 Å². The van der Waals surface area contributed by atoms with Crippen molar-refractivity contribution in [3.05, 3.63) is 44.7 Å². The number of fused-ring (bicyclic) bond motifs is 1. The molecule has 2 aromatic rings. The molecule has 1 aliphatic heterocycles. The minimum absolute atomic E-state index is 0.0441. The summed E-state index contributed by atoms with van der Waals surface area (Å²) < 4.78 is 24.6. The Bertz CT molecular complexity index is 981. The molecule has 3 rings (SSSR count). The molecule has 8 nitrogen and oxygen atoms in total. The van der Waals surface area contributed by atoms with Gasteiger partial charge >= 0.3 is 11.2 Å². The molecule has 1 N–H and O–H groups in total. The van der Waals surface area contributed by atoms with Crippen LogP contribution in [0, 0.1) is 10.1 Å². The van der Waals surface area contributed by atoms with Crippen molar-refractivity contribution in [3.63, 3.8) is 0 Å². The third-order valence-corrected chi connectivity index (χ3v) is 6.00. The third-order valence-electron chi connectivity index (χ3n) is 4.23. The topological polar surface area (TPSA) is 111 Å². The highest BCUT2D eigenvalue weighted by Crippen LogP contribution is 2.32. The summed E-state index contributed by atoms with van der Waals surface area (Å²) in [5, 5.41) is 15.0. The maximum atomic E-state index is 12.5. The number of hydrogen-bond acceptors (Lipinski definition) is 6. The number of benzene rings is 1. The van der Waals surface area contributed by atoms with Crippen LogP contribution in [0.2, 0.25) is 0 Å². The number of nitrogens with zero attached hydrogens (tertiary/aromatic N) is 2. The minimum Gasteiger partial charge on any atom is -0.375 e. The zero-order valence-corrected chi connectivity index (χ0v) is 13.9. The second kappa shape index (κ2) is 5.90. The molecule has 0 spiro atoms. The van der Waals surface area contributed by atoms with Crippen molar-refractivity contribution >= 4 is 32.1 Å². The molecule has 24 heavy (non-hydrogen) atoms. The van der Waals surface area contributed by atoms with Crippen molar-refractivity contribution in [2.45, 2.75) is 25.9 Å². The van der Waals surface area contributed by atoms with Crippen LogP contribution in [-0.2, 0) is 16.4 Å². The first-order valence-corrected chi connectivity index (χ1v) is 9.43. The van der Waals surface area contributed by atoms with Crippen LogP contribution in [0.25, 0.3) is 10.9 Å². The number of anilines is 1. The number of aryl methyl sites for hydroxylation is 1. The van der Waals surface area contributed by atoms with Gasteiger partial charge in [-0.25, -0.2) is 8.42 Å². The Kier molecular flexibility index (Phi) is 4.04. The lowest BCUT2D eigenvalue weighted by atomic mass is 10.1. The zero-order chi connectivity index (χ0) is 17.5. The molecule has 2 heterocycles. The number of nitro groups is 1. The molecule has 1 aliphatic rings. The Balaban J connectivity index is 2.24. The monoisotopic (exact) mass is 351 g/mol. The van der Waals surface area contributed by atoms with Gasteiger partial charge in [-0.3, -0.25) is 14.9 Å². The normalized spacial score (nSPS) is 19.5. The van der Waals surface area contributed by atoms with E-state index >= 15 is 0 Å². The molecule has 9 heteroatoms. The molecule has 1 atom stereocenters. The standard InChI is InChI=1S/C15H17N3O5S/c1-2-17-12-6-4-3-5-11(12)13(14(15(17)19)18(20)21)16-10-7-8-24(22,23)9-10/h3-6,10,16H,2,7-9H2,1H3/t10-/m1/s1. The molecule has 1 saturated heterocycles. The van der Waals surface area contributed by atoms with Gasteiger partial charge in [-0.05, 0) is 19.4 Å². The lowest BCUT2D eigenvalue weighted by Gasteiger charge is -2.17. The molecular weight excluding hydrogens is 334 g/mol. The van der Waals surface area contributed by atoms with Crippen molar-refractivity contribution in [1.29, 1.82) is 0 Å². The van der Waals surface area contributed by atoms with Gasteiger partial charge in [-0.1, -0.05) is 18.2 Å². The smallest absolute Gasteiger partial charge is 0.357 e. The first kappa shape index (κ1) is 16.4. The Morgan fingerprint density at radius 1 is 1.38 bits per heavy atom. The van der Waals surface area contributed by atoms with E-state index < -0.39 is 32.0 Å². The van der Waals surface area contributed by atoms with Gasteiger partial charge in [0.15, 0.2) is 9.84 Å². The van der Waals surface area contributed by atoms with E-state index in [1.807, 2.05) is 0 Å². The largest absolute Gasteiger partial charge is 0.375 e. The first-order chi connectivity index (χ1) is 11.3. The second-order valence-electron chi connectivity index (χ2n) is 5.79. The van der Waals surface area contributed by atoms with Crippen LogP contribution >= 0.6 is 0 Å². The summed E-state index contributed by atoms with van der Waals surface area (Å²) in [4.78, 5) is 23.3. The fraction of sp³-hybridized carbons (Fsp3) is 0.400. The molecule has 0 aliphatic carbocycles. The lowest BCUT2D eigenvalue weighted by molar-refractivity contribution is -0.385. The van der Waals surface area contributed by atoms with Crippen LogP contribution in [-0.4, -0.2) is 35.5 Å². The predicted octanol–water partition coefficient (Wildman–Crippen LogP) is 1.53. The Labute approximate surface area is 138 Å². The van der Waals surface area contributed by atoms with E-state index in [1.54, 1.807) is 31.2 Å². The number of sulfone groups is 1. The van der Waals surface area contributed by atoms with E-state index in [4.69, 9.17) is 0 Å². The highest BCUT2D eigenvalue weighted by Gasteiger charge is 2.32. The van der Waals surface area contributed by atoms with Crippen LogP contribution in [0.15, 0.2) is 29.1 Å². The Morgan fingerprint density at radius 2 is 2.08 bits per heavy atom. The SMILES string of the molecule is CCn1c(=O)c([N+](=O)[O-])c(N[C@@H]2CCS(=O)(=O)C2)c2ccccc21. The van der Waals surface area contributed by atoms with Crippen molar-refractivity contribution in [2.24, 2.45) is 0 Å². The van der Waals surface area contributed by atoms with E-state index in [9.17, 15) is 23.3 Å². The highest BCUT2D eigenvalue weighted by atomic mass is 32.2. The fourth-order valence-electron chi connectivity index (χ4n) is 3.13. The number of hydrogen-bond donors (Lipinski definition) is 1. The minimum atomic E-state index is -3.14. The van der Waals surface area contributed by atoms with Gasteiger partial charge in [0, 0.05) is 18.0 Å². The van der Waals surface area contributed by atoms with Gasteiger partial charge in [-0.15, -0.1) is 0 Å². The van der Waals surface area contributed by atoms with Gasteiger partial charge < -0.3 is 9.88 Å². The molecule has 0 radical (unpaired) electrons. The van der Waals surface area contributed by atoms with E-state index in [2.05, 4.69) is 5.32 Å². The van der Waals surface area contributed by atoms with Crippen LogP contribution < -0.4 is 10.9 Å². The van der Waals surface area contributed by atoms with Crippen LogP contribution in [0.5, 0.6) is 0 Å². The number of para-hydroxylation sites is 1. The summed E-state index contributed by atoms with van der Waals surface area (Å²) in [6, 6.07) is 6.46. The van der Waals surface area contributed by atoms with Crippen LogP contribution in [0.3, 0.4) is 0 Å². The number of nitrogens with one attached hydrogen (secondary N) is 1. The molecule has 128 valence electrons. The summed E-state index contributed by atoms with van der Waals surface area (Å²) in [7, 11) is -3.14. The molecular formula is C15H17N3O5S. The average Bonchev–Trinajstić information content (AvgIpc) is 2.86. The molecule has 1 fully saturated rings. The quantitative estimate of drug-likeness (QED) is 0.660. The Hall–Kier alpha value is -2.42. The van der Waals surface area contributed by atoms with Crippen molar-refractivity contribution in [3.8, 4) is 0 Å². The van der Waals surface area contributed by atoms with Crippen LogP contribution in [0.1, 0.15) is 13.3 Å². The highest BCUT2D eigenvalue weighted by molar-refractivity contribution is 7.91. The Morgan fingerprint density at radius 3 is 2.67 bits per heavy atom. The first-order valence-electron chi connectivity index (χ1n) is 7.61. The number of pyridine rings is 1. The lowest BCUT2D eigenvalue weighted by Crippen LogP contribution is -2.27. The molecule has 0 amide bonds.